The molecular weight excluding hydrogens is 296 g/mol. The van der Waals surface area contributed by atoms with Gasteiger partial charge in [0.1, 0.15) is 17.6 Å². The van der Waals surface area contributed by atoms with E-state index >= 15 is 0 Å². The Hall–Kier alpha value is -2.67. The topological polar surface area (TPSA) is 99.7 Å². The molecule has 2 heterocycles. The first-order chi connectivity index (χ1) is 11.1. The molecule has 1 unspecified atom stereocenters. The Morgan fingerprint density at radius 1 is 1.39 bits per heavy atom. The number of nitrogens with one attached hydrogen (secondary N) is 1. The molecule has 1 aliphatic rings. The van der Waals surface area contributed by atoms with Crippen LogP contribution >= 0.6 is 0 Å². The minimum absolute atomic E-state index is 0.0263. The molecule has 1 aliphatic heterocycles. The number of imidazole rings is 1. The lowest BCUT2D eigenvalue weighted by molar-refractivity contribution is -0.136. The molecule has 0 radical (unpaired) electrons. The predicted octanol–water partition coefficient (Wildman–Crippen LogP) is 1.24. The molecule has 0 aliphatic carbocycles. The zero-order valence-corrected chi connectivity index (χ0v) is 12.5. The Labute approximate surface area is 133 Å². The number of fused-ring (bicyclic) bond motifs is 1. The number of benzene rings is 1. The molecule has 7 heteroatoms. The highest BCUT2D eigenvalue weighted by Crippen LogP contribution is 2.23. The quantitative estimate of drug-likeness (QED) is 0.771. The van der Waals surface area contributed by atoms with Crippen molar-refractivity contribution in [3.63, 3.8) is 0 Å². The Morgan fingerprint density at radius 2 is 2.22 bits per heavy atom. The van der Waals surface area contributed by atoms with E-state index in [1.807, 2.05) is 28.8 Å². The molecule has 0 saturated heterocycles. The van der Waals surface area contributed by atoms with E-state index in [1.54, 1.807) is 12.7 Å². The fourth-order valence-corrected chi connectivity index (χ4v) is 2.63. The highest BCUT2D eigenvalue weighted by molar-refractivity contribution is 5.76. The average molecular weight is 314 g/mol. The summed E-state index contributed by atoms with van der Waals surface area (Å²) < 4.78 is 1.93. The fraction of sp³-hybridized carbons (Fsp3) is 0.312. The van der Waals surface area contributed by atoms with Crippen LogP contribution in [-0.2, 0) is 24.2 Å². The van der Waals surface area contributed by atoms with Gasteiger partial charge >= 0.3 is 5.97 Å². The van der Waals surface area contributed by atoms with Crippen LogP contribution in [0.3, 0.4) is 0 Å². The van der Waals surface area contributed by atoms with Gasteiger partial charge in [-0.25, -0.2) is 4.98 Å². The minimum atomic E-state index is -0.834. The number of carboxylic acids is 1. The van der Waals surface area contributed by atoms with E-state index in [1.165, 1.54) is 0 Å². The number of aryl methyl sites for hydroxylation is 2. The standard InChI is InChI=1S/C16H18N4O3/c21-13-8-17-9-18-16-15(13)19-10-20(16)5-4-11-2-1-3-12(6-11)7-14(22)23/h1-3,6,9-10,13,21H,4-5,7-8H2,(H,17,18)(H,22,23). The van der Waals surface area contributed by atoms with Crippen LogP contribution in [0.25, 0.3) is 0 Å². The lowest BCUT2D eigenvalue weighted by Gasteiger charge is -2.10. The van der Waals surface area contributed by atoms with Crippen LogP contribution in [0, 0.1) is 0 Å². The van der Waals surface area contributed by atoms with Crippen molar-refractivity contribution in [1.29, 1.82) is 0 Å². The zero-order valence-electron chi connectivity index (χ0n) is 12.5. The Kier molecular flexibility index (Phi) is 4.38. The zero-order chi connectivity index (χ0) is 16.2. The van der Waals surface area contributed by atoms with Crippen LogP contribution < -0.4 is 5.32 Å². The number of aliphatic hydroxyl groups excluding tert-OH is 1. The van der Waals surface area contributed by atoms with Crippen molar-refractivity contribution in [3.05, 3.63) is 47.4 Å². The number of carbonyl (C=O) groups is 1. The van der Waals surface area contributed by atoms with E-state index in [2.05, 4.69) is 15.3 Å². The van der Waals surface area contributed by atoms with Gasteiger partial charge in [-0.05, 0) is 17.5 Å². The van der Waals surface area contributed by atoms with Crippen molar-refractivity contribution in [1.82, 2.24) is 9.55 Å². The molecule has 23 heavy (non-hydrogen) atoms. The molecule has 0 spiro atoms. The number of nitrogens with zero attached hydrogens (tertiary/aromatic N) is 3. The van der Waals surface area contributed by atoms with E-state index in [9.17, 15) is 9.90 Å². The molecule has 7 nitrogen and oxygen atoms in total. The maximum atomic E-state index is 10.8. The van der Waals surface area contributed by atoms with Crippen LogP contribution in [0.5, 0.6) is 0 Å². The smallest absolute Gasteiger partial charge is 0.307 e. The van der Waals surface area contributed by atoms with Gasteiger partial charge in [-0.3, -0.25) is 9.79 Å². The molecule has 3 rings (SSSR count). The monoisotopic (exact) mass is 314 g/mol. The van der Waals surface area contributed by atoms with Gasteiger partial charge in [0.05, 0.1) is 25.6 Å². The van der Waals surface area contributed by atoms with E-state index < -0.39 is 12.1 Å². The third-order valence-electron chi connectivity index (χ3n) is 3.74. The van der Waals surface area contributed by atoms with Crippen LogP contribution in [0.1, 0.15) is 22.9 Å². The second-order valence-corrected chi connectivity index (χ2v) is 5.47. The molecular formula is C16H18N4O3. The summed E-state index contributed by atoms with van der Waals surface area (Å²) in [6.07, 6.45) is 3.34. The van der Waals surface area contributed by atoms with Gasteiger partial charge in [0, 0.05) is 6.54 Å². The Balaban J connectivity index is 1.72. The van der Waals surface area contributed by atoms with E-state index in [-0.39, 0.29) is 6.42 Å². The number of anilines is 1. The highest BCUT2D eigenvalue weighted by atomic mass is 16.4. The molecule has 2 aromatic rings. The summed E-state index contributed by atoms with van der Waals surface area (Å²) >= 11 is 0. The van der Waals surface area contributed by atoms with Gasteiger partial charge < -0.3 is 20.1 Å². The molecule has 120 valence electrons. The summed E-state index contributed by atoms with van der Waals surface area (Å²) in [6.45, 7) is 0.973. The molecule has 0 fully saturated rings. The normalized spacial score (nSPS) is 16.5. The molecule has 3 N–H and O–H groups in total. The Bertz CT molecular complexity index is 739. The van der Waals surface area contributed by atoms with Gasteiger partial charge in [-0.1, -0.05) is 24.3 Å². The summed E-state index contributed by atoms with van der Waals surface area (Å²) in [4.78, 5) is 19.1. The van der Waals surface area contributed by atoms with Gasteiger partial charge in [-0.15, -0.1) is 0 Å². The number of aliphatic imine (C=N–C) groups is 1. The van der Waals surface area contributed by atoms with Crippen LogP contribution in [0.4, 0.5) is 5.82 Å². The van der Waals surface area contributed by atoms with E-state index in [0.717, 1.165) is 23.4 Å². The number of hydrogen-bond donors (Lipinski definition) is 3. The van der Waals surface area contributed by atoms with E-state index in [0.29, 0.717) is 18.8 Å². The van der Waals surface area contributed by atoms with Crippen molar-refractivity contribution >= 4 is 18.1 Å². The third-order valence-corrected chi connectivity index (χ3v) is 3.74. The van der Waals surface area contributed by atoms with Gasteiger partial charge in [0.15, 0.2) is 0 Å². The fourth-order valence-electron chi connectivity index (χ4n) is 2.63. The van der Waals surface area contributed by atoms with Crippen molar-refractivity contribution in [3.8, 4) is 0 Å². The molecule has 0 bridgehead atoms. The van der Waals surface area contributed by atoms with Gasteiger partial charge in [0.2, 0.25) is 0 Å². The van der Waals surface area contributed by atoms with Crippen molar-refractivity contribution in [2.75, 3.05) is 11.9 Å². The van der Waals surface area contributed by atoms with Crippen LogP contribution in [0.2, 0.25) is 0 Å². The largest absolute Gasteiger partial charge is 0.481 e. The number of carboxylic acid groups (broad SMARTS) is 1. The van der Waals surface area contributed by atoms with Gasteiger partial charge in [-0.2, -0.15) is 0 Å². The second-order valence-electron chi connectivity index (χ2n) is 5.47. The summed E-state index contributed by atoms with van der Waals surface area (Å²) in [6, 6.07) is 7.57. The SMILES string of the molecule is O=C(O)Cc1cccc(CCn2cnc3c2NC=NCC3O)c1. The first-order valence-corrected chi connectivity index (χ1v) is 7.41. The lowest BCUT2D eigenvalue weighted by Crippen LogP contribution is -2.08. The number of aliphatic carboxylic acids is 1. The number of rotatable bonds is 5. The molecule has 1 aromatic carbocycles. The number of hydrogen-bond acceptors (Lipinski definition) is 5. The van der Waals surface area contributed by atoms with Crippen molar-refractivity contribution in [2.45, 2.75) is 25.5 Å². The van der Waals surface area contributed by atoms with Crippen molar-refractivity contribution < 1.29 is 15.0 Å². The maximum absolute atomic E-state index is 10.8. The first kappa shape index (κ1) is 15.2. The maximum Gasteiger partial charge on any atom is 0.307 e. The molecule has 1 atom stereocenters. The summed E-state index contributed by atoms with van der Waals surface area (Å²) in [5.74, 6) is -0.0833. The summed E-state index contributed by atoms with van der Waals surface area (Å²) in [7, 11) is 0. The lowest BCUT2D eigenvalue weighted by atomic mass is 10.1. The first-order valence-electron chi connectivity index (χ1n) is 7.41. The predicted molar refractivity (Wildman–Crippen MR) is 85.7 cm³/mol. The molecule has 0 amide bonds. The Morgan fingerprint density at radius 3 is 3.04 bits per heavy atom. The third kappa shape index (κ3) is 3.57. The summed E-state index contributed by atoms with van der Waals surface area (Å²) in [5, 5.41) is 21.9. The second kappa shape index (κ2) is 6.62. The minimum Gasteiger partial charge on any atom is -0.481 e. The number of aromatic nitrogens is 2. The van der Waals surface area contributed by atoms with Gasteiger partial charge in [0.25, 0.3) is 0 Å². The molecule has 1 aromatic heterocycles. The average Bonchev–Trinajstić information content (AvgIpc) is 2.83. The van der Waals surface area contributed by atoms with Crippen molar-refractivity contribution in [2.24, 2.45) is 4.99 Å². The van der Waals surface area contributed by atoms with Crippen LogP contribution in [0.15, 0.2) is 35.6 Å². The number of aliphatic hydroxyl groups is 1. The van der Waals surface area contributed by atoms with Crippen LogP contribution in [-0.4, -0.2) is 38.6 Å². The summed E-state index contributed by atoms with van der Waals surface area (Å²) in [5.41, 5.74) is 2.45. The molecule has 0 saturated carbocycles. The van der Waals surface area contributed by atoms with E-state index in [4.69, 9.17) is 5.11 Å². The highest BCUT2D eigenvalue weighted by Gasteiger charge is 2.19.